The standard InChI is InChI=1S/C21H16N2O3S/c1-13(20(25)26)23-17-11-4-5-12-18(17)27-21(23)22-19(24)16-10-6-8-14-7-2-3-9-15(14)16/h2-13H,1H3,(H,25,26)/b22-21+. The van der Waals surface area contributed by atoms with Gasteiger partial charge in [-0.2, -0.15) is 4.99 Å². The van der Waals surface area contributed by atoms with E-state index in [2.05, 4.69) is 4.99 Å². The lowest BCUT2D eigenvalue weighted by Crippen LogP contribution is -2.25. The number of nitrogens with zero attached hydrogens (tertiary/aromatic N) is 2. The molecule has 134 valence electrons. The Morgan fingerprint density at radius 1 is 1.00 bits per heavy atom. The summed E-state index contributed by atoms with van der Waals surface area (Å²) in [5.74, 6) is -1.36. The van der Waals surface area contributed by atoms with Crippen LogP contribution in [0.1, 0.15) is 23.3 Å². The van der Waals surface area contributed by atoms with Gasteiger partial charge in [-0.15, -0.1) is 0 Å². The number of aromatic nitrogens is 1. The molecule has 0 aliphatic heterocycles. The van der Waals surface area contributed by atoms with Gasteiger partial charge in [-0.25, -0.2) is 4.79 Å². The van der Waals surface area contributed by atoms with Crippen LogP contribution in [-0.2, 0) is 4.79 Å². The molecule has 1 aromatic heterocycles. The van der Waals surface area contributed by atoms with Crippen LogP contribution in [0.15, 0.2) is 71.7 Å². The van der Waals surface area contributed by atoms with Gasteiger partial charge in [-0.3, -0.25) is 4.79 Å². The molecular weight excluding hydrogens is 360 g/mol. The van der Waals surface area contributed by atoms with E-state index in [1.54, 1.807) is 17.6 Å². The van der Waals surface area contributed by atoms with Crippen LogP contribution in [0.4, 0.5) is 0 Å². The van der Waals surface area contributed by atoms with Gasteiger partial charge in [-0.1, -0.05) is 59.9 Å². The van der Waals surface area contributed by atoms with E-state index < -0.39 is 12.0 Å². The molecule has 4 rings (SSSR count). The number of fused-ring (bicyclic) bond motifs is 2. The Kier molecular flexibility index (Phi) is 4.33. The number of aliphatic carboxylic acids is 1. The molecule has 0 radical (unpaired) electrons. The van der Waals surface area contributed by atoms with E-state index >= 15 is 0 Å². The van der Waals surface area contributed by atoms with Crippen molar-refractivity contribution in [1.82, 2.24) is 4.57 Å². The summed E-state index contributed by atoms with van der Waals surface area (Å²) in [7, 11) is 0. The summed E-state index contributed by atoms with van der Waals surface area (Å²) < 4.78 is 2.49. The quantitative estimate of drug-likeness (QED) is 0.581. The molecule has 1 unspecified atom stereocenters. The van der Waals surface area contributed by atoms with Gasteiger partial charge in [0.25, 0.3) is 5.91 Å². The Balaban J connectivity index is 1.93. The fourth-order valence-corrected chi connectivity index (χ4v) is 4.21. The second-order valence-corrected chi connectivity index (χ2v) is 7.19. The zero-order valence-corrected chi connectivity index (χ0v) is 15.3. The van der Waals surface area contributed by atoms with Crippen molar-refractivity contribution in [2.75, 3.05) is 0 Å². The molecule has 5 nitrogen and oxygen atoms in total. The van der Waals surface area contributed by atoms with Gasteiger partial charge in [0, 0.05) is 5.56 Å². The highest BCUT2D eigenvalue weighted by molar-refractivity contribution is 7.16. The van der Waals surface area contributed by atoms with Gasteiger partial charge in [-0.05, 0) is 35.9 Å². The first-order valence-electron chi connectivity index (χ1n) is 8.46. The molecule has 0 aliphatic carbocycles. The van der Waals surface area contributed by atoms with E-state index in [0.717, 1.165) is 21.0 Å². The molecule has 1 heterocycles. The number of para-hydroxylation sites is 1. The highest BCUT2D eigenvalue weighted by Crippen LogP contribution is 2.22. The predicted octanol–water partition coefficient (Wildman–Crippen LogP) is 4.24. The lowest BCUT2D eigenvalue weighted by atomic mass is 10.0. The number of hydrogen-bond donors (Lipinski definition) is 1. The Morgan fingerprint density at radius 3 is 2.52 bits per heavy atom. The molecule has 27 heavy (non-hydrogen) atoms. The third-order valence-electron chi connectivity index (χ3n) is 4.49. The molecule has 0 bridgehead atoms. The molecule has 0 spiro atoms. The predicted molar refractivity (Wildman–Crippen MR) is 106 cm³/mol. The second kappa shape index (κ2) is 6.81. The van der Waals surface area contributed by atoms with E-state index in [9.17, 15) is 14.7 Å². The monoisotopic (exact) mass is 376 g/mol. The fourth-order valence-electron chi connectivity index (χ4n) is 3.11. The van der Waals surface area contributed by atoms with Crippen molar-refractivity contribution < 1.29 is 14.7 Å². The summed E-state index contributed by atoms with van der Waals surface area (Å²) in [6.07, 6.45) is 0. The molecule has 1 atom stereocenters. The molecule has 1 N–H and O–H groups in total. The number of hydrogen-bond acceptors (Lipinski definition) is 3. The van der Waals surface area contributed by atoms with Crippen LogP contribution in [-0.4, -0.2) is 21.6 Å². The topological polar surface area (TPSA) is 71.7 Å². The minimum Gasteiger partial charge on any atom is -0.480 e. The van der Waals surface area contributed by atoms with Crippen LogP contribution in [0.2, 0.25) is 0 Å². The van der Waals surface area contributed by atoms with Crippen LogP contribution in [0, 0.1) is 0 Å². The second-order valence-electron chi connectivity index (χ2n) is 6.18. The van der Waals surface area contributed by atoms with Crippen LogP contribution < -0.4 is 4.80 Å². The number of carboxylic acids is 1. The van der Waals surface area contributed by atoms with E-state index in [-0.39, 0.29) is 5.91 Å². The Bertz CT molecular complexity index is 1250. The van der Waals surface area contributed by atoms with E-state index in [0.29, 0.717) is 10.4 Å². The smallest absolute Gasteiger partial charge is 0.326 e. The molecule has 0 saturated heterocycles. The van der Waals surface area contributed by atoms with Crippen molar-refractivity contribution in [3.05, 3.63) is 77.1 Å². The summed E-state index contributed by atoms with van der Waals surface area (Å²) in [4.78, 5) is 29.2. The highest BCUT2D eigenvalue weighted by Gasteiger charge is 2.19. The molecule has 6 heteroatoms. The van der Waals surface area contributed by atoms with Gasteiger partial charge < -0.3 is 9.67 Å². The number of carbonyl (C=O) groups is 2. The molecular formula is C21H16N2O3S. The number of rotatable bonds is 3. The average Bonchev–Trinajstić information content (AvgIpc) is 3.04. The van der Waals surface area contributed by atoms with Crippen LogP contribution in [0.25, 0.3) is 21.0 Å². The van der Waals surface area contributed by atoms with Crippen molar-refractivity contribution in [2.45, 2.75) is 13.0 Å². The van der Waals surface area contributed by atoms with Gasteiger partial charge in [0.2, 0.25) is 0 Å². The first kappa shape index (κ1) is 17.2. The first-order chi connectivity index (χ1) is 13.1. The summed E-state index contributed by atoms with van der Waals surface area (Å²) in [5, 5.41) is 11.3. The highest BCUT2D eigenvalue weighted by atomic mass is 32.1. The minimum atomic E-state index is -0.974. The third-order valence-corrected chi connectivity index (χ3v) is 5.53. The zero-order chi connectivity index (χ0) is 19.0. The van der Waals surface area contributed by atoms with Crippen molar-refractivity contribution in [3.63, 3.8) is 0 Å². The van der Waals surface area contributed by atoms with Crippen molar-refractivity contribution in [1.29, 1.82) is 0 Å². The lowest BCUT2D eigenvalue weighted by molar-refractivity contribution is -0.140. The number of amides is 1. The Labute approximate surface area is 158 Å². The molecule has 0 fully saturated rings. The largest absolute Gasteiger partial charge is 0.480 e. The number of thiazole rings is 1. The van der Waals surface area contributed by atoms with E-state index in [4.69, 9.17) is 0 Å². The SMILES string of the molecule is CC(C(=O)O)n1/c(=N\C(=O)c2cccc3ccccc23)sc2ccccc21. The number of carbonyl (C=O) groups excluding carboxylic acids is 1. The summed E-state index contributed by atoms with van der Waals surface area (Å²) in [6, 6.07) is 19.8. The molecule has 0 saturated carbocycles. The molecule has 0 aliphatic rings. The Morgan fingerprint density at radius 2 is 1.70 bits per heavy atom. The molecule has 4 aromatic rings. The normalized spacial score (nSPS) is 13.1. The van der Waals surface area contributed by atoms with E-state index in [1.165, 1.54) is 11.3 Å². The zero-order valence-electron chi connectivity index (χ0n) is 14.5. The van der Waals surface area contributed by atoms with Crippen LogP contribution in [0.5, 0.6) is 0 Å². The average molecular weight is 376 g/mol. The van der Waals surface area contributed by atoms with Crippen LogP contribution in [0.3, 0.4) is 0 Å². The van der Waals surface area contributed by atoms with Crippen molar-refractivity contribution >= 4 is 44.2 Å². The maximum Gasteiger partial charge on any atom is 0.326 e. The number of benzene rings is 3. The Hall–Kier alpha value is -3.25. The molecule has 3 aromatic carbocycles. The first-order valence-corrected chi connectivity index (χ1v) is 9.27. The maximum absolute atomic E-state index is 12.9. The summed E-state index contributed by atoms with van der Waals surface area (Å²) in [5.41, 5.74) is 1.25. The van der Waals surface area contributed by atoms with Gasteiger partial charge >= 0.3 is 5.97 Å². The van der Waals surface area contributed by atoms with Gasteiger partial charge in [0.15, 0.2) is 4.80 Å². The lowest BCUT2D eigenvalue weighted by Gasteiger charge is -2.10. The number of carboxylic acid groups (broad SMARTS) is 1. The van der Waals surface area contributed by atoms with Crippen molar-refractivity contribution in [3.8, 4) is 0 Å². The summed E-state index contributed by atoms with van der Waals surface area (Å²) >= 11 is 1.31. The summed E-state index contributed by atoms with van der Waals surface area (Å²) in [6.45, 7) is 1.59. The fraction of sp³-hybridized carbons (Fsp3) is 0.0952. The minimum absolute atomic E-state index is 0.379. The molecule has 1 amide bonds. The van der Waals surface area contributed by atoms with Gasteiger partial charge in [0.05, 0.1) is 10.2 Å². The van der Waals surface area contributed by atoms with Gasteiger partial charge in [0.1, 0.15) is 6.04 Å². The van der Waals surface area contributed by atoms with E-state index in [1.807, 2.05) is 60.7 Å². The van der Waals surface area contributed by atoms with Crippen LogP contribution >= 0.6 is 11.3 Å². The maximum atomic E-state index is 12.9. The third kappa shape index (κ3) is 3.04. The van der Waals surface area contributed by atoms with Crippen molar-refractivity contribution in [2.24, 2.45) is 4.99 Å².